The van der Waals surface area contributed by atoms with E-state index in [1.807, 2.05) is 0 Å². The minimum Gasteiger partial charge on any atom is -0.481 e. The number of hydrogen-bond acceptors (Lipinski definition) is 4. The van der Waals surface area contributed by atoms with Gasteiger partial charge in [0.15, 0.2) is 0 Å². The molecule has 0 unspecified atom stereocenters. The maximum Gasteiger partial charge on any atom is 0.307 e. The van der Waals surface area contributed by atoms with Gasteiger partial charge < -0.3 is 10.1 Å². The van der Waals surface area contributed by atoms with Crippen LogP contribution in [0.3, 0.4) is 0 Å². The van der Waals surface area contributed by atoms with E-state index in [1.54, 1.807) is 25.1 Å². The van der Waals surface area contributed by atoms with E-state index in [0.29, 0.717) is 21.5 Å². The number of carboxylic acid groups (broad SMARTS) is 1. The van der Waals surface area contributed by atoms with E-state index in [1.165, 1.54) is 12.4 Å². The van der Waals surface area contributed by atoms with Crippen LogP contribution in [0.2, 0.25) is 5.02 Å². The van der Waals surface area contributed by atoms with Crippen molar-refractivity contribution in [3.8, 4) is 0 Å². The van der Waals surface area contributed by atoms with E-state index in [0.717, 1.165) is 0 Å². The van der Waals surface area contributed by atoms with Gasteiger partial charge >= 0.3 is 5.97 Å². The van der Waals surface area contributed by atoms with Crippen molar-refractivity contribution in [2.75, 3.05) is 0 Å². The van der Waals surface area contributed by atoms with Gasteiger partial charge in [0.2, 0.25) is 11.4 Å². The number of hydrogen-bond donors (Lipinski definition) is 2. The lowest BCUT2D eigenvalue weighted by atomic mass is 9.99. The van der Waals surface area contributed by atoms with E-state index < -0.39 is 11.6 Å². The first-order valence-corrected chi connectivity index (χ1v) is 6.94. The second-order valence-corrected chi connectivity index (χ2v) is 5.58. The standard InChI is InChI=1S/C15H12ClN3O3/c1-15(17-4-5-18-15)14(22)13-10(7-12(20)21)9-6-8(16)2-3-11(9)19-13/h2-6,19H,7H2,1H3,(H,20,21). The fourth-order valence-corrected chi connectivity index (χ4v) is 2.67. The van der Waals surface area contributed by atoms with Gasteiger partial charge in [-0.2, -0.15) is 0 Å². The zero-order valence-electron chi connectivity index (χ0n) is 11.6. The zero-order valence-corrected chi connectivity index (χ0v) is 12.4. The van der Waals surface area contributed by atoms with E-state index >= 15 is 0 Å². The summed E-state index contributed by atoms with van der Waals surface area (Å²) in [7, 11) is 0. The highest BCUT2D eigenvalue weighted by Crippen LogP contribution is 2.30. The number of H-pyrrole nitrogens is 1. The molecule has 0 saturated carbocycles. The SMILES string of the molecule is CC1(C(=O)c2[nH]c3ccc(Cl)cc3c2CC(=O)O)N=CC=N1. The Morgan fingerprint density at radius 2 is 2.00 bits per heavy atom. The molecule has 0 amide bonds. The monoisotopic (exact) mass is 317 g/mol. The number of benzene rings is 1. The van der Waals surface area contributed by atoms with Gasteiger partial charge in [0, 0.05) is 28.4 Å². The summed E-state index contributed by atoms with van der Waals surface area (Å²) in [5.74, 6) is -1.40. The topological polar surface area (TPSA) is 94.9 Å². The van der Waals surface area contributed by atoms with Crippen molar-refractivity contribution in [3.63, 3.8) is 0 Å². The van der Waals surface area contributed by atoms with Gasteiger partial charge in [0.1, 0.15) is 0 Å². The molecule has 0 spiro atoms. The Morgan fingerprint density at radius 3 is 2.64 bits per heavy atom. The molecule has 7 heteroatoms. The van der Waals surface area contributed by atoms with Crippen molar-refractivity contribution < 1.29 is 14.7 Å². The van der Waals surface area contributed by atoms with Crippen LogP contribution >= 0.6 is 11.6 Å². The Balaban J connectivity index is 2.20. The summed E-state index contributed by atoms with van der Waals surface area (Å²) in [6.07, 6.45) is 2.62. The summed E-state index contributed by atoms with van der Waals surface area (Å²) < 4.78 is 0. The lowest BCUT2D eigenvalue weighted by Crippen LogP contribution is -2.30. The molecule has 0 atom stereocenters. The van der Waals surface area contributed by atoms with Crippen LogP contribution in [0.4, 0.5) is 0 Å². The van der Waals surface area contributed by atoms with Crippen molar-refractivity contribution in [2.45, 2.75) is 19.0 Å². The summed E-state index contributed by atoms with van der Waals surface area (Å²) in [6, 6.07) is 5.03. The maximum atomic E-state index is 12.7. The number of fused-ring (bicyclic) bond motifs is 1. The second-order valence-electron chi connectivity index (χ2n) is 5.15. The number of aliphatic imine (C=N–C) groups is 2. The van der Waals surface area contributed by atoms with Crippen molar-refractivity contribution in [3.05, 3.63) is 34.5 Å². The summed E-state index contributed by atoms with van der Waals surface area (Å²) in [5.41, 5.74) is 0.00298. The average Bonchev–Trinajstić information content (AvgIpc) is 3.04. The number of aromatic nitrogens is 1. The molecule has 0 bridgehead atoms. The number of halogens is 1. The number of ketones is 1. The Hall–Kier alpha value is -2.47. The molecule has 2 heterocycles. The quantitative estimate of drug-likeness (QED) is 0.848. The molecule has 22 heavy (non-hydrogen) atoms. The Kier molecular flexibility index (Phi) is 3.33. The van der Waals surface area contributed by atoms with Crippen LogP contribution in [0.5, 0.6) is 0 Å². The number of nitrogens with zero attached hydrogens (tertiary/aromatic N) is 2. The minimum absolute atomic E-state index is 0.207. The third-order valence-corrected chi connectivity index (χ3v) is 3.81. The summed E-state index contributed by atoms with van der Waals surface area (Å²) >= 11 is 5.98. The first kappa shape index (κ1) is 14.5. The van der Waals surface area contributed by atoms with Crippen LogP contribution in [-0.4, -0.2) is 39.9 Å². The fourth-order valence-electron chi connectivity index (χ4n) is 2.49. The van der Waals surface area contributed by atoms with Crippen LogP contribution in [0.25, 0.3) is 10.9 Å². The molecular formula is C15H12ClN3O3. The van der Waals surface area contributed by atoms with Gasteiger partial charge in [-0.25, -0.2) is 0 Å². The summed E-state index contributed by atoms with van der Waals surface area (Å²) in [4.78, 5) is 35.0. The molecule has 2 aromatic rings. The largest absolute Gasteiger partial charge is 0.481 e. The molecule has 3 rings (SSSR count). The normalized spacial score (nSPS) is 15.5. The molecule has 1 aromatic carbocycles. The smallest absolute Gasteiger partial charge is 0.307 e. The number of rotatable bonds is 4. The Morgan fingerprint density at radius 1 is 1.32 bits per heavy atom. The molecule has 112 valence electrons. The molecule has 1 aliphatic heterocycles. The van der Waals surface area contributed by atoms with Crippen LogP contribution in [-0.2, 0) is 11.2 Å². The molecule has 0 aliphatic carbocycles. The van der Waals surface area contributed by atoms with Gasteiger partial charge in [-0.1, -0.05) is 11.6 Å². The van der Waals surface area contributed by atoms with Crippen molar-refractivity contribution in [1.82, 2.24) is 4.98 Å². The number of carbonyl (C=O) groups excluding carboxylic acids is 1. The van der Waals surface area contributed by atoms with Crippen molar-refractivity contribution in [2.24, 2.45) is 9.98 Å². The predicted molar refractivity (Wildman–Crippen MR) is 84.4 cm³/mol. The van der Waals surface area contributed by atoms with Gasteiger partial charge in [-0.15, -0.1) is 0 Å². The lowest BCUT2D eigenvalue weighted by molar-refractivity contribution is -0.136. The third-order valence-electron chi connectivity index (χ3n) is 3.57. The van der Waals surface area contributed by atoms with Crippen LogP contribution in [0.1, 0.15) is 23.0 Å². The van der Waals surface area contributed by atoms with Gasteiger partial charge in [-0.3, -0.25) is 19.6 Å². The fraction of sp³-hybridized carbons (Fsp3) is 0.200. The number of aromatic amines is 1. The first-order chi connectivity index (χ1) is 10.4. The number of nitrogens with one attached hydrogen (secondary N) is 1. The number of carbonyl (C=O) groups is 2. The van der Waals surface area contributed by atoms with Crippen molar-refractivity contribution in [1.29, 1.82) is 0 Å². The minimum atomic E-state index is -1.25. The number of Topliss-reactive ketones (excluding diaryl/α,β-unsaturated/α-hetero) is 1. The molecule has 0 saturated heterocycles. The molecule has 1 aliphatic rings. The summed E-state index contributed by atoms with van der Waals surface area (Å²) in [6.45, 7) is 1.58. The Labute approximate surface area is 130 Å². The van der Waals surface area contributed by atoms with Gasteiger partial charge in [-0.05, 0) is 30.7 Å². The number of carboxylic acids is 1. The first-order valence-electron chi connectivity index (χ1n) is 6.56. The number of aliphatic carboxylic acids is 1. The van der Waals surface area contributed by atoms with Crippen LogP contribution < -0.4 is 0 Å². The van der Waals surface area contributed by atoms with Gasteiger partial charge in [0.25, 0.3) is 0 Å². The zero-order chi connectivity index (χ0) is 15.9. The van der Waals surface area contributed by atoms with Crippen LogP contribution in [0, 0.1) is 0 Å². The highest BCUT2D eigenvalue weighted by atomic mass is 35.5. The predicted octanol–water partition coefficient (Wildman–Crippen LogP) is 2.50. The van der Waals surface area contributed by atoms with Gasteiger partial charge in [0.05, 0.1) is 12.1 Å². The molecule has 6 nitrogen and oxygen atoms in total. The third kappa shape index (κ3) is 2.31. The van der Waals surface area contributed by atoms with E-state index in [2.05, 4.69) is 15.0 Å². The second kappa shape index (κ2) is 5.06. The molecule has 0 radical (unpaired) electrons. The van der Waals surface area contributed by atoms with Crippen LogP contribution in [0.15, 0.2) is 28.2 Å². The molecule has 2 N–H and O–H groups in total. The lowest BCUT2D eigenvalue weighted by Gasteiger charge is -2.15. The maximum absolute atomic E-state index is 12.7. The summed E-state index contributed by atoms with van der Waals surface area (Å²) in [5, 5.41) is 10.2. The average molecular weight is 318 g/mol. The van der Waals surface area contributed by atoms with E-state index in [4.69, 9.17) is 16.7 Å². The van der Waals surface area contributed by atoms with Crippen molar-refractivity contribution >= 4 is 46.7 Å². The molecular weight excluding hydrogens is 306 g/mol. The Bertz CT molecular complexity index is 839. The highest BCUT2D eigenvalue weighted by molar-refractivity contribution is 6.31. The molecule has 0 fully saturated rings. The highest BCUT2D eigenvalue weighted by Gasteiger charge is 2.36. The van der Waals surface area contributed by atoms with E-state index in [-0.39, 0.29) is 17.9 Å². The molecule has 1 aromatic heterocycles. The van der Waals surface area contributed by atoms with E-state index in [9.17, 15) is 9.59 Å².